The quantitative estimate of drug-likeness (QED) is 0.536. The van der Waals surface area contributed by atoms with Crippen LogP contribution in [-0.2, 0) is 12.7 Å². The summed E-state index contributed by atoms with van der Waals surface area (Å²) in [6.45, 7) is 0.206. The van der Waals surface area contributed by atoms with Gasteiger partial charge in [0.25, 0.3) is 0 Å². The van der Waals surface area contributed by atoms with Gasteiger partial charge in [-0.15, -0.1) is 0 Å². The van der Waals surface area contributed by atoms with Crippen molar-refractivity contribution in [2.24, 2.45) is 11.7 Å². The van der Waals surface area contributed by atoms with E-state index < -0.39 is 11.7 Å². The van der Waals surface area contributed by atoms with E-state index in [1.807, 2.05) is 0 Å². The van der Waals surface area contributed by atoms with E-state index in [4.69, 9.17) is 5.21 Å². The third-order valence-electron chi connectivity index (χ3n) is 1.69. The largest absolute Gasteiger partial charge is 0.416 e. The Morgan fingerprint density at radius 1 is 1.19 bits per heavy atom. The van der Waals surface area contributed by atoms with Crippen LogP contribution in [0.5, 0.6) is 0 Å². The van der Waals surface area contributed by atoms with E-state index in [9.17, 15) is 13.2 Å². The second-order valence-corrected chi connectivity index (χ2v) is 3.01. The van der Waals surface area contributed by atoms with Crippen molar-refractivity contribution in [3.8, 4) is 0 Å². The van der Waals surface area contributed by atoms with Crippen LogP contribution >= 0.6 is 0 Å². The number of nitrogens with zero attached hydrogens (tertiary/aromatic N) is 1. The highest BCUT2D eigenvalue weighted by Gasteiger charge is 2.29. The molecule has 92 valence electrons. The van der Waals surface area contributed by atoms with Crippen molar-refractivity contribution in [1.82, 2.24) is 5.06 Å². The topological polar surface area (TPSA) is 75.5 Å². The lowest BCUT2D eigenvalue weighted by Gasteiger charge is -2.10. The van der Waals surface area contributed by atoms with Crippen LogP contribution in [0.15, 0.2) is 24.3 Å². The third kappa shape index (κ3) is 5.08. The van der Waals surface area contributed by atoms with Crippen molar-refractivity contribution in [2.45, 2.75) is 12.7 Å². The first kappa shape index (κ1) is 14.8. The van der Waals surface area contributed by atoms with Gasteiger partial charge in [-0.1, -0.05) is 12.1 Å². The minimum Gasteiger partial charge on any atom is -0.314 e. The van der Waals surface area contributed by atoms with Gasteiger partial charge in [-0.2, -0.15) is 18.2 Å². The van der Waals surface area contributed by atoms with Crippen LogP contribution < -0.4 is 11.7 Å². The van der Waals surface area contributed by atoms with Gasteiger partial charge in [-0.05, 0) is 17.7 Å². The standard InChI is InChI=1S/C9H10F3NO.H4N2/c1-13(14)6-7-2-4-8(5-3-7)9(10,11)12;1-2/h2-5,14H,6H2,1H3;1-2H2. The minimum absolute atomic E-state index is 0.206. The molecule has 0 unspecified atom stereocenters. The zero-order valence-electron chi connectivity index (χ0n) is 8.70. The molecule has 0 amide bonds. The van der Waals surface area contributed by atoms with E-state index in [1.54, 1.807) is 0 Å². The fourth-order valence-electron chi connectivity index (χ4n) is 1.06. The van der Waals surface area contributed by atoms with Crippen molar-refractivity contribution in [3.63, 3.8) is 0 Å². The van der Waals surface area contributed by atoms with Crippen LogP contribution in [0, 0.1) is 0 Å². The van der Waals surface area contributed by atoms with Crippen LogP contribution in [0.25, 0.3) is 0 Å². The summed E-state index contributed by atoms with van der Waals surface area (Å²) in [5.74, 6) is 8.00. The first-order valence-corrected chi connectivity index (χ1v) is 4.29. The normalized spacial score (nSPS) is 11.0. The summed E-state index contributed by atoms with van der Waals surface area (Å²) in [5.41, 5.74) is -0.0511. The summed E-state index contributed by atoms with van der Waals surface area (Å²) in [4.78, 5) is 0. The van der Waals surface area contributed by atoms with Gasteiger partial charge in [0, 0.05) is 13.6 Å². The Kier molecular flexibility index (Phi) is 5.97. The number of rotatable bonds is 2. The third-order valence-corrected chi connectivity index (χ3v) is 1.69. The van der Waals surface area contributed by atoms with E-state index in [2.05, 4.69) is 11.7 Å². The molecule has 0 fully saturated rings. The molecule has 0 atom stereocenters. The second-order valence-electron chi connectivity index (χ2n) is 3.01. The van der Waals surface area contributed by atoms with E-state index in [-0.39, 0.29) is 6.54 Å². The maximum absolute atomic E-state index is 12.1. The first-order chi connectivity index (χ1) is 7.39. The molecule has 0 saturated heterocycles. The molecule has 4 nitrogen and oxygen atoms in total. The summed E-state index contributed by atoms with van der Waals surface area (Å²) in [7, 11) is 1.43. The first-order valence-electron chi connectivity index (χ1n) is 4.29. The molecule has 1 aromatic carbocycles. The minimum atomic E-state index is -4.30. The molecule has 0 heterocycles. The molecule has 5 N–H and O–H groups in total. The molecule has 16 heavy (non-hydrogen) atoms. The van der Waals surface area contributed by atoms with E-state index in [1.165, 1.54) is 19.2 Å². The van der Waals surface area contributed by atoms with Crippen molar-refractivity contribution in [2.75, 3.05) is 7.05 Å². The summed E-state index contributed by atoms with van der Waals surface area (Å²) < 4.78 is 36.4. The zero-order valence-corrected chi connectivity index (χ0v) is 8.70. The highest BCUT2D eigenvalue weighted by molar-refractivity contribution is 5.24. The van der Waals surface area contributed by atoms with Gasteiger partial charge >= 0.3 is 6.18 Å². The SMILES string of the molecule is CN(O)Cc1ccc(C(F)(F)F)cc1.NN. The average molecular weight is 237 g/mol. The zero-order chi connectivity index (χ0) is 12.8. The van der Waals surface area contributed by atoms with E-state index >= 15 is 0 Å². The molecule has 0 radical (unpaired) electrons. The predicted molar refractivity (Wildman–Crippen MR) is 53.1 cm³/mol. The van der Waals surface area contributed by atoms with Crippen LogP contribution in [0.3, 0.4) is 0 Å². The molecule has 0 aliphatic heterocycles. The number of alkyl halides is 3. The number of halogens is 3. The molecule has 1 aromatic rings. The lowest BCUT2D eigenvalue weighted by atomic mass is 10.1. The second kappa shape index (κ2) is 6.44. The lowest BCUT2D eigenvalue weighted by Crippen LogP contribution is -2.12. The fraction of sp³-hybridized carbons (Fsp3) is 0.333. The average Bonchev–Trinajstić information content (AvgIpc) is 2.19. The summed E-state index contributed by atoms with van der Waals surface area (Å²) in [6.07, 6.45) is -4.30. The Morgan fingerprint density at radius 2 is 1.62 bits per heavy atom. The predicted octanol–water partition coefficient (Wildman–Crippen LogP) is 1.35. The molecule has 0 spiro atoms. The monoisotopic (exact) mass is 237 g/mol. The molecule has 7 heteroatoms. The van der Waals surface area contributed by atoms with Crippen molar-refractivity contribution >= 4 is 0 Å². The van der Waals surface area contributed by atoms with E-state index in [0.29, 0.717) is 5.56 Å². The van der Waals surface area contributed by atoms with Gasteiger partial charge in [-0.3, -0.25) is 11.7 Å². The molecule has 0 aromatic heterocycles. The van der Waals surface area contributed by atoms with Gasteiger partial charge < -0.3 is 5.21 Å². The highest BCUT2D eigenvalue weighted by atomic mass is 19.4. The Bertz CT molecular complexity index is 298. The van der Waals surface area contributed by atoms with Gasteiger partial charge in [0.1, 0.15) is 0 Å². The fourth-order valence-corrected chi connectivity index (χ4v) is 1.06. The molecular formula is C9H14F3N3O. The van der Waals surface area contributed by atoms with Gasteiger partial charge in [0.05, 0.1) is 5.56 Å². The summed E-state index contributed by atoms with van der Waals surface area (Å²) >= 11 is 0. The van der Waals surface area contributed by atoms with Crippen molar-refractivity contribution in [1.29, 1.82) is 0 Å². The smallest absolute Gasteiger partial charge is 0.314 e. The number of benzene rings is 1. The Hall–Kier alpha value is -1.15. The van der Waals surface area contributed by atoms with Gasteiger partial charge in [0.2, 0.25) is 0 Å². The Balaban J connectivity index is 0.00000106. The van der Waals surface area contributed by atoms with Gasteiger partial charge in [0.15, 0.2) is 0 Å². The number of hydrogen-bond acceptors (Lipinski definition) is 4. The molecular weight excluding hydrogens is 223 g/mol. The Labute approximate surface area is 91.2 Å². The number of hydrogen-bond donors (Lipinski definition) is 3. The van der Waals surface area contributed by atoms with Gasteiger partial charge in [-0.25, -0.2) is 0 Å². The lowest BCUT2D eigenvalue weighted by molar-refractivity contribution is -0.137. The molecule has 1 rings (SSSR count). The maximum Gasteiger partial charge on any atom is 0.416 e. The Morgan fingerprint density at radius 3 is 1.94 bits per heavy atom. The molecule has 0 aliphatic carbocycles. The molecule has 0 aliphatic rings. The summed E-state index contributed by atoms with van der Waals surface area (Å²) in [6, 6.07) is 4.68. The van der Waals surface area contributed by atoms with Crippen LogP contribution in [0.1, 0.15) is 11.1 Å². The summed E-state index contributed by atoms with van der Waals surface area (Å²) in [5, 5.41) is 9.75. The number of hydroxylamine groups is 2. The maximum atomic E-state index is 12.1. The molecule has 0 saturated carbocycles. The van der Waals surface area contributed by atoms with Crippen molar-refractivity contribution < 1.29 is 18.4 Å². The van der Waals surface area contributed by atoms with Crippen LogP contribution in [0.4, 0.5) is 13.2 Å². The van der Waals surface area contributed by atoms with Crippen LogP contribution in [-0.4, -0.2) is 17.3 Å². The number of nitrogens with two attached hydrogens (primary N) is 2. The highest BCUT2D eigenvalue weighted by Crippen LogP contribution is 2.29. The van der Waals surface area contributed by atoms with Crippen LogP contribution in [0.2, 0.25) is 0 Å². The molecule has 0 bridgehead atoms. The van der Waals surface area contributed by atoms with Crippen molar-refractivity contribution in [3.05, 3.63) is 35.4 Å². The van der Waals surface area contributed by atoms with E-state index in [0.717, 1.165) is 17.2 Å². The number of hydrazine groups is 1.